The van der Waals surface area contributed by atoms with Crippen molar-refractivity contribution in [3.63, 3.8) is 0 Å². The number of amides is 4. The Balaban J connectivity index is 4.37. The molecule has 0 bridgehead atoms. The first-order valence-electron chi connectivity index (χ1n) is 6.14. The van der Waals surface area contributed by atoms with Gasteiger partial charge in [-0.25, -0.2) is 21.5 Å². The lowest BCUT2D eigenvalue weighted by molar-refractivity contribution is -0.122. The summed E-state index contributed by atoms with van der Waals surface area (Å²) in [5, 5.41) is 2.53. The standard InChI is InChI=1S/C11H22N6O3/c1-6(4-9(18)16-12)8(3)15-11(20)14-7(2)5-10(19)17-13/h6-7H,4-5,12-13H2,1-3H3,(H,14,20)(H,16,18)(H,17,19). The average Bonchev–Trinajstić information content (AvgIpc) is 2.37. The Kier molecular flexibility index (Phi) is 8.09. The van der Waals surface area contributed by atoms with E-state index < -0.39 is 12.1 Å². The Hall–Kier alpha value is -2.00. The molecular weight excluding hydrogens is 264 g/mol. The Morgan fingerprint density at radius 3 is 2.05 bits per heavy atom. The maximum absolute atomic E-state index is 11.6. The highest BCUT2D eigenvalue weighted by Crippen LogP contribution is 2.05. The maximum atomic E-state index is 11.6. The van der Waals surface area contributed by atoms with E-state index in [1.54, 1.807) is 20.8 Å². The molecule has 0 radical (unpaired) electrons. The van der Waals surface area contributed by atoms with Crippen LogP contribution in [0.15, 0.2) is 4.99 Å². The van der Waals surface area contributed by atoms with Crippen molar-refractivity contribution in [1.82, 2.24) is 16.2 Å². The summed E-state index contributed by atoms with van der Waals surface area (Å²) in [6.07, 6.45) is 0.201. The van der Waals surface area contributed by atoms with Crippen LogP contribution in [-0.2, 0) is 9.59 Å². The van der Waals surface area contributed by atoms with Gasteiger partial charge in [0, 0.05) is 30.5 Å². The van der Waals surface area contributed by atoms with Crippen molar-refractivity contribution in [2.45, 2.75) is 39.7 Å². The van der Waals surface area contributed by atoms with Crippen molar-refractivity contribution >= 4 is 23.6 Å². The molecule has 2 atom stereocenters. The van der Waals surface area contributed by atoms with E-state index in [-0.39, 0.29) is 30.6 Å². The number of nitrogens with one attached hydrogen (secondary N) is 3. The molecule has 4 amide bonds. The minimum atomic E-state index is -0.570. The number of hydrazine groups is 2. The lowest BCUT2D eigenvalue weighted by Gasteiger charge is -2.13. The zero-order valence-electron chi connectivity index (χ0n) is 11.9. The maximum Gasteiger partial charge on any atom is 0.341 e. The SMILES string of the molecule is CC(=NC(=O)NC(C)CC(=O)NN)C(C)CC(=O)NN. The molecule has 0 aliphatic rings. The van der Waals surface area contributed by atoms with E-state index in [0.29, 0.717) is 5.71 Å². The number of carbonyl (C=O) groups is 3. The van der Waals surface area contributed by atoms with E-state index in [4.69, 9.17) is 11.7 Å². The Labute approximate surface area is 117 Å². The minimum Gasteiger partial charge on any atom is -0.333 e. The Morgan fingerprint density at radius 1 is 1.05 bits per heavy atom. The molecule has 9 heteroatoms. The number of urea groups is 1. The number of rotatable bonds is 6. The molecule has 0 heterocycles. The van der Waals surface area contributed by atoms with Gasteiger partial charge in [-0.3, -0.25) is 20.4 Å². The Morgan fingerprint density at radius 2 is 1.55 bits per heavy atom. The smallest absolute Gasteiger partial charge is 0.333 e. The lowest BCUT2D eigenvalue weighted by Crippen LogP contribution is -2.38. The van der Waals surface area contributed by atoms with Crippen molar-refractivity contribution in [1.29, 1.82) is 0 Å². The molecule has 0 aromatic heterocycles. The molecule has 9 nitrogen and oxygen atoms in total. The zero-order valence-corrected chi connectivity index (χ0v) is 11.9. The normalized spacial score (nSPS) is 14.2. The summed E-state index contributed by atoms with van der Waals surface area (Å²) >= 11 is 0. The van der Waals surface area contributed by atoms with E-state index in [0.717, 1.165) is 0 Å². The van der Waals surface area contributed by atoms with Crippen LogP contribution in [0.4, 0.5) is 4.79 Å². The van der Waals surface area contributed by atoms with Crippen molar-refractivity contribution in [2.75, 3.05) is 0 Å². The number of hydrogen-bond acceptors (Lipinski definition) is 5. The largest absolute Gasteiger partial charge is 0.341 e. The predicted molar refractivity (Wildman–Crippen MR) is 74.2 cm³/mol. The van der Waals surface area contributed by atoms with E-state index in [1.807, 2.05) is 10.9 Å². The molecule has 20 heavy (non-hydrogen) atoms. The van der Waals surface area contributed by atoms with Gasteiger partial charge in [0.05, 0.1) is 0 Å². The summed E-state index contributed by atoms with van der Waals surface area (Å²) in [6.45, 7) is 5.06. The molecule has 0 aromatic rings. The first kappa shape index (κ1) is 18.0. The van der Waals surface area contributed by atoms with Crippen LogP contribution in [0.2, 0.25) is 0 Å². The van der Waals surface area contributed by atoms with Gasteiger partial charge >= 0.3 is 6.03 Å². The van der Waals surface area contributed by atoms with Gasteiger partial charge in [-0.2, -0.15) is 0 Å². The first-order valence-corrected chi connectivity index (χ1v) is 6.14. The summed E-state index contributed by atoms with van der Waals surface area (Å²) in [4.78, 5) is 37.5. The highest BCUT2D eigenvalue weighted by atomic mass is 16.2. The van der Waals surface area contributed by atoms with Crippen LogP contribution in [0.5, 0.6) is 0 Å². The average molecular weight is 286 g/mol. The molecule has 2 unspecified atom stereocenters. The van der Waals surface area contributed by atoms with Crippen LogP contribution in [0.1, 0.15) is 33.6 Å². The summed E-state index contributed by atoms with van der Waals surface area (Å²) in [6, 6.07) is -0.968. The molecule has 0 fully saturated rings. The monoisotopic (exact) mass is 286 g/mol. The van der Waals surface area contributed by atoms with Crippen molar-refractivity contribution in [3.05, 3.63) is 0 Å². The summed E-state index contributed by atoms with van der Waals surface area (Å²) in [7, 11) is 0. The van der Waals surface area contributed by atoms with Gasteiger partial charge in [0.15, 0.2) is 0 Å². The van der Waals surface area contributed by atoms with Crippen LogP contribution in [-0.4, -0.2) is 29.6 Å². The second-order valence-corrected chi connectivity index (χ2v) is 4.55. The molecule has 7 N–H and O–H groups in total. The van der Waals surface area contributed by atoms with Crippen molar-refractivity contribution in [2.24, 2.45) is 22.6 Å². The fourth-order valence-electron chi connectivity index (χ4n) is 1.39. The number of nitrogens with zero attached hydrogens (tertiary/aromatic N) is 1. The molecule has 0 aromatic carbocycles. The number of hydrogen-bond donors (Lipinski definition) is 5. The van der Waals surface area contributed by atoms with Gasteiger partial charge in [0.1, 0.15) is 0 Å². The van der Waals surface area contributed by atoms with Gasteiger partial charge < -0.3 is 5.32 Å². The van der Waals surface area contributed by atoms with Gasteiger partial charge in [-0.1, -0.05) is 6.92 Å². The van der Waals surface area contributed by atoms with Gasteiger partial charge in [-0.15, -0.1) is 0 Å². The van der Waals surface area contributed by atoms with E-state index in [2.05, 4.69) is 10.3 Å². The minimum absolute atomic E-state index is 0.0575. The molecule has 114 valence electrons. The second-order valence-electron chi connectivity index (χ2n) is 4.55. The zero-order chi connectivity index (χ0) is 15.7. The molecule has 0 spiro atoms. The number of carbonyl (C=O) groups excluding carboxylic acids is 3. The van der Waals surface area contributed by atoms with Crippen molar-refractivity contribution < 1.29 is 14.4 Å². The molecule has 0 aliphatic heterocycles. The van der Waals surface area contributed by atoms with Gasteiger partial charge in [-0.05, 0) is 13.8 Å². The predicted octanol–water partition coefficient (Wildman–Crippen LogP) is -1.06. The Bertz CT molecular complexity index is 396. The second kappa shape index (κ2) is 8.99. The van der Waals surface area contributed by atoms with Crippen LogP contribution in [0, 0.1) is 5.92 Å². The van der Waals surface area contributed by atoms with Crippen LogP contribution >= 0.6 is 0 Å². The number of aliphatic imine (C=N–C) groups is 1. The summed E-state index contributed by atoms with van der Waals surface area (Å²) < 4.78 is 0. The third kappa shape index (κ3) is 7.44. The third-order valence-electron chi connectivity index (χ3n) is 2.67. The fraction of sp³-hybridized carbons (Fsp3) is 0.636. The van der Waals surface area contributed by atoms with E-state index >= 15 is 0 Å². The van der Waals surface area contributed by atoms with Crippen LogP contribution < -0.4 is 27.9 Å². The quantitative estimate of drug-likeness (QED) is 0.182. The highest BCUT2D eigenvalue weighted by Gasteiger charge is 2.14. The third-order valence-corrected chi connectivity index (χ3v) is 2.67. The molecule has 0 saturated carbocycles. The highest BCUT2D eigenvalue weighted by molar-refractivity contribution is 5.96. The van der Waals surface area contributed by atoms with Gasteiger partial charge in [0.2, 0.25) is 11.8 Å². The molecule has 0 saturated heterocycles. The van der Waals surface area contributed by atoms with E-state index in [1.165, 1.54) is 0 Å². The first-order chi connectivity index (χ1) is 9.29. The van der Waals surface area contributed by atoms with Crippen LogP contribution in [0.3, 0.4) is 0 Å². The molecule has 0 rings (SSSR count). The fourth-order valence-corrected chi connectivity index (χ4v) is 1.39. The van der Waals surface area contributed by atoms with Gasteiger partial charge in [0.25, 0.3) is 0 Å². The lowest BCUT2D eigenvalue weighted by atomic mass is 10.0. The number of nitrogens with two attached hydrogens (primary N) is 2. The molecular formula is C11H22N6O3. The van der Waals surface area contributed by atoms with Crippen molar-refractivity contribution in [3.8, 4) is 0 Å². The summed E-state index contributed by atoms with van der Waals surface area (Å²) in [5.74, 6) is 8.99. The van der Waals surface area contributed by atoms with Crippen LogP contribution in [0.25, 0.3) is 0 Å². The summed E-state index contributed by atoms with van der Waals surface area (Å²) in [5.41, 5.74) is 4.49. The van der Waals surface area contributed by atoms with E-state index in [9.17, 15) is 14.4 Å². The topological polar surface area (TPSA) is 152 Å². The molecule has 0 aliphatic carbocycles.